The first-order chi connectivity index (χ1) is 15.0. The number of hydrogen-bond donors (Lipinski definition) is 1. The molecule has 0 spiro atoms. The van der Waals surface area contributed by atoms with Gasteiger partial charge in [0.1, 0.15) is 0 Å². The molecule has 1 amide bonds. The molecule has 0 atom stereocenters. The minimum absolute atomic E-state index is 0.164. The van der Waals surface area contributed by atoms with E-state index in [-0.39, 0.29) is 5.91 Å². The molecular formula is C26H27ClN2O2. The highest BCUT2D eigenvalue weighted by molar-refractivity contribution is 6.30. The summed E-state index contributed by atoms with van der Waals surface area (Å²) in [6.07, 6.45) is 3.36. The molecule has 0 aliphatic heterocycles. The number of methoxy groups -OCH3 is 1. The van der Waals surface area contributed by atoms with Gasteiger partial charge in [-0.3, -0.25) is 9.69 Å². The van der Waals surface area contributed by atoms with Gasteiger partial charge >= 0.3 is 0 Å². The smallest absolute Gasteiger partial charge is 0.248 e. The van der Waals surface area contributed by atoms with E-state index in [1.165, 1.54) is 5.56 Å². The van der Waals surface area contributed by atoms with Crippen LogP contribution in [0.5, 0.6) is 0 Å². The highest BCUT2D eigenvalue weighted by atomic mass is 35.5. The van der Waals surface area contributed by atoms with Gasteiger partial charge in [0.05, 0.1) is 6.61 Å². The molecule has 4 nitrogen and oxygen atoms in total. The van der Waals surface area contributed by atoms with Crippen LogP contribution in [0, 0.1) is 0 Å². The molecule has 31 heavy (non-hydrogen) atoms. The molecule has 0 aliphatic rings. The third kappa shape index (κ3) is 7.37. The first-order valence-corrected chi connectivity index (χ1v) is 10.5. The van der Waals surface area contributed by atoms with E-state index in [4.69, 9.17) is 16.3 Å². The molecule has 0 aliphatic carbocycles. The number of halogens is 1. The van der Waals surface area contributed by atoms with Crippen LogP contribution in [0.4, 0.5) is 5.69 Å². The molecule has 0 bridgehead atoms. The van der Waals surface area contributed by atoms with Gasteiger partial charge in [-0.05, 0) is 59.6 Å². The van der Waals surface area contributed by atoms with Crippen LogP contribution >= 0.6 is 11.6 Å². The Morgan fingerprint density at radius 3 is 2.19 bits per heavy atom. The molecule has 0 fully saturated rings. The minimum atomic E-state index is -0.164. The quantitative estimate of drug-likeness (QED) is 0.437. The number of benzene rings is 3. The lowest BCUT2D eigenvalue weighted by molar-refractivity contribution is -0.111. The monoisotopic (exact) mass is 434 g/mol. The van der Waals surface area contributed by atoms with Crippen molar-refractivity contribution < 1.29 is 9.53 Å². The van der Waals surface area contributed by atoms with Gasteiger partial charge in [-0.1, -0.05) is 60.1 Å². The number of carbonyl (C=O) groups is 1. The van der Waals surface area contributed by atoms with Crippen LogP contribution in [0.2, 0.25) is 5.02 Å². The molecule has 0 heterocycles. The Balaban J connectivity index is 1.52. The summed E-state index contributed by atoms with van der Waals surface area (Å²) in [6, 6.07) is 23.6. The maximum absolute atomic E-state index is 12.3. The lowest BCUT2D eigenvalue weighted by atomic mass is 10.1. The van der Waals surface area contributed by atoms with E-state index in [1.54, 1.807) is 13.2 Å². The Labute approximate surface area is 189 Å². The standard InChI is InChI=1S/C26H27ClN2O2/c1-29(17-18-31-2)19-21-5-3-20(4-6-21)7-16-26(30)28-25-14-10-23(11-15-25)22-8-12-24(27)13-9-22/h3-16H,17-19H2,1-2H3,(H,28,30). The maximum atomic E-state index is 12.3. The predicted octanol–water partition coefficient (Wildman–Crippen LogP) is 5.74. The number of nitrogens with one attached hydrogen (secondary N) is 1. The van der Waals surface area contributed by atoms with Gasteiger partial charge in [0, 0.05) is 37.0 Å². The summed E-state index contributed by atoms with van der Waals surface area (Å²) in [6.45, 7) is 2.47. The Hall–Kier alpha value is -2.92. The number of nitrogens with zero attached hydrogens (tertiary/aromatic N) is 1. The first kappa shape index (κ1) is 22.8. The van der Waals surface area contributed by atoms with Crippen molar-refractivity contribution in [3.63, 3.8) is 0 Å². The normalized spacial score (nSPS) is 11.2. The van der Waals surface area contributed by atoms with Crippen molar-refractivity contribution in [3.8, 4) is 11.1 Å². The molecule has 5 heteroatoms. The summed E-state index contributed by atoms with van der Waals surface area (Å²) in [4.78, 5) is 14.5. The summed E-state index contributed by atoms with van der Waals surface area (Å²) in [7, 11) is 3.78. The van der Waals surface area contributed by atoms with Gasteiger partial charge in [0.25, 0.3) is 0 Å². The van der Waals surface area contributed by atoms with Crippen LogP contribution in [0.15, 0.2) is 78.9 Å². The van der Waals surface area contributed by atoms with Crippen LogP contribution in [0.25, 0.3) is 17.2 Å². The van der Waals surface area contributed by atoms with E-state index in [0.717, 1.165) is 42.1 Å². The zero-order chi connectivity index (χ0) is 22.1. The van der Waals surface area contributed by atoms with Crippen LogP contribution < -0.4 is 5.32 Å². The lowest BCUT2D eigenvalue weighted by Gasteiger charge is -2.15. The van der Waals surface area contributed by atoms with E-state index >= 15 is 0 Å². The van der Waals surface area contributed by atoms with E-state index < -0.39 is 0 Å². The second-order valence-corrected chi connectivity index (χ2v) is 7.82. The van der Waals surface area contributed by atoms with E-state index in [2.05, 4.69) is 29.4 Å². The largest absolute Gasteiger partial charge is 0.383 e. The molecule has 160 valence electrons. The number of likely N-dealkylation sites (N-methyl/N-ethyl adjacent to an activating group) is 1. The third-order valence-corrected chi connectivity index (χ3v) is 5.12. The van der Waals surface area contributed by atoms with Crippen LogP contribution in [0.3, 0.4) is 0 Å². The number of hydrogen-bond acceptors (Lipinski definition) is 3. The van der Waals surface area contributed by atoms with Crippen molar-refractivity contribution in [2.24, 2.45) is 0 Å². The van der Waals surface area contributed by atoms with Crippen LogP contribution in [-0.4, -0.2) is 38.1 Å². The van der Waals surface area contributed by atoms with E-state index in [1.807, 2.05) is 66.7 Å². The molecule has 0 radical (unpaired) electrons. The van der Waals surface area contributed by atoms with Crippen molar-refractivity contribution in [2.75, 3.05) is 32.6 Å². The third-order valence-electron chi connectivity index (χ3n) is 4.87. The van der Waals surface area contributed by atoms with Crippen molar-refractivity contribution in [1.82, 2.24) is 4.90 Å². The van der Waals surface area contributed by atoms with Crippen molar-refractivity contribution in [3.05, 3.63) is 95.0 Å². The Kier molecular flexibility index (Phi) is 8.42. The molecule has 0 saturated heterocycles. The average molecular weight is 435 g/mol. The molecule has 0 unspecified atom stereocenters. The Morgan fingerprint density at radius 2 is 1.58 bits per heavy atom. The van der Waals surface area contributed by atoms with Gasteiger partial charge in [-0.15, -0.1) is 0 Å². The van der Waals surface area contributed by atoms with Gasteiger partial charge in [-0.2, -0.15) is 0 Å². The molecule has 0 aromatic heterocycles. The average Bonchev–Trinajstić information content (AvgIpc) is 2.78. The fourth-order valence-corrected chi connectivity index (χ4v) is 3.24. The van der Waals surface area contributed by atoms with E-state index in [9.17, 15) is 4.79 Å². The number of rotatable bonds is 9. The zero-order valence-corrected chi connectivity index (χ0v) is 18.6. The number of carbonyl (C=O) groups excluding carboxylic acids is 1. The van der Waals surface area contributed by atoms with Crippen LogP contribution in [-0.2, 0) is 16.1 Å². The minimum Gasteiger partial charge on any atom is -0.383 e. The summed E-state index contributed by atoms with van der Waals surface area (Å²) >= 11 is 5.94. The highest BCUT2D eigenvalue weighted by Gasteiger charge is 2.02. The fourth-order valence-electron chi connectivity index (χ4n) is 3.12. The summed E-state index contributed by atoms with van der Waals surface area (Å²) in [5.74, 6) is -0.164. The topological polar surface area (TPSA) is 41.6 Å². The first-order valence-electron chi connectivity index (χ1n) is 10.1. The SMILES string of the molecule is COCCN(C)Cc1ccc(C=CC(=O)Nc2ccc(-c3ccc(Cl)cc3)cc2)cc1. The second-order valence-electron chi connectivity index (χ2n) is 7.38. The molecule has 3 aromatic rings. The lowest BCUT2D eigenvalue weighted by Crippen LogP contribution is -2.22. The zero-order valence-electron chi connectivity index (χ0n) is 17.8. The molecule has 0 saturated carbocycles. The highest BCUT2D eigenvalue weighted by Crippen LogP contribution is 2.23. The molecule has 3 rings (SSSR count). The van der Waals surface area contributed by atoms with Crippen LogP contribution in [0.1, 0.15) is 11.1 Å². The number of ether oxygens (including phenoxy) is 1. The van der Waals surface area contributed by atoms with Gasteiger partial charge in [0.2, 0.25) is 5.91 Å². The number of amides is 1. The number of anilines is 1. The predicted molar refractivity (Wildman–Crippen MR) is 129 cm³/mol. The summed E-state index contributed by atoms with van der Waals surface area (Å²) in [5, 5.41) is 3.60. The Morgan fingerprint density at radius 1 is 0.968 bits per heavy atom. The van der Waals surface area contributed by atoms with Crippen molar-refractivity contribution in [2.45, 2.75) is 6.54 Å². The summed E-state index contributed by atoms with van der Waals surface area (Å²) < 4.78 is 5.10. The molecule has 3 aromatic carbocycles. The molecule has 1 N–H and O–H groups in total. The van der Waals surface area contributed by atoms with Gasteiger partial charge in [0.15, 0.2) is 0 Å². The Bertz CT molecular complexity index is 997. The second kappa shape index (κ2) is 11.5. The van der Waals surface area contributed by atoms with Gasteiger partial charge < -0.3 is 10.1 Å². The maximum Gasteiger partial charge on any atom is 0.248 e. The van der Waals surface area contributed by atoms with Gasteiger partial charge in [-0.25, -0.2) is 0 Å². The van der Waals surface area contributed by atoms with E-state index in [0.29, 0.717) is 5.02 Å². The van der Waals surface area contributed by atoms with Crippen molar-refractivity contribution in [1.29, 1.82) is 0 Å². The molecular weight excluding hydrogens is 408 g/mol. The summed E-state index contributed by atoms with van der Waals surface area (Å²) in [5.41, 5.74) is 5.10. The van der Waals surface area contributed by atoms with Crippen molar-refractivity contribution >= 4 is 29.3 Å². The fraction of sp³-hybridized carbons (Fsp3) is 0.192.